The first-order chi connectivity index (χ1) is 14.7. The molecule has 0 bridgehead atoms. The van der Waals surface area contributed by atoms with Crippen LogP contribution in [0.4, 0.5) is 0 Å². The highest BCUT2D eigenvalue weighted by Gasteiger charge is 2.52. The van der Waals surface area contributed by atoms with Crippen LogP contribution >= 0.6 is 11.3 Å². The molecule has 0 fully saturated rings. The number of hydrogen-bond donors (Lipinski definition) is 1. The zero-order chi connectivity index (χ0) is 22.2. The normalized spacial score (nSPS) is 18.6. The Hall–Kier alpha value is -3.19. The van der Waals surface area contributed by atoms with Crippen LogP contribution in [0, 0.1) is 0 Å². The van der Waals surface area contributed by atoms with Crippen LogP contribution in [-0.4, -0.2) is 34.3 Å². The summed E-state index contributed by atoms with van der Waals surface area (Å²) >= 11 is 1.43. The molecule has 1 aromatic heterocycles. The molecule has 0 saturated heterocycles. The fraction of sp³-hybridized carbons (Fsp3) is 0.292. The Labute approximate surface area is 185 Å². The van der Waals surface area contributed by atoms with E-state index in [0.29, 0.717) is 5.01 Å². The van der Waals surface area contributed by atoms with E-state index in [2.05, 4.69) is 5.32 Å². The number of aromatic nitrogens is 1. The lowest BCUT2D eigenvalue weighted by Gasteiger charge is -2.37. The number of nitrogens with zero attached hydrogens (tertiary/aromatic N) is 2. The number of benzene rings is 2. The van der Waals surface area contributed by atoms with Crippen molar-refractivity contribution in [2.45, 2.75) is 38.4 Å². The van der Waals surface area contributed by atoms with Gasteiger partial charge in [-0.25, -0.2) is 4.98 Å². The largest absolute Gasteiger partial charge is 0.497 e. The molecular weight excluding hydrogens is 410 g/mol. The number of thiazole rings is 1. The average molecular weight is 436 g/mol. The number of para-hydroxylation sites is 1. The standard InChI is InChI=1S/C24H25N3O3S/c1-23(2,3)26-21(29)24(22-25-18-7-5-6-8-19(18)31-22)14-13-20(28)27(24)15-16-9-11-17(30-4)12-10-16/h5-14H,15H2,1-4H3,(H,26,29). The van der Waals surface area contributed by atoms with Crippen molar-refractivity contribution in [3.8, 4) is 5.75 Å². The minimum Gasteiger partial charge on any atom is -0.497 e. The van der Waals surface area contributed by atoms with Crippen LogP contribution in [0.15, 0.2) is 60.7 Å². The molecule has 1 unspecified atom stereocenters. The molecular formula is C24H25N3O3S. The van der Waals surface area contributed by atoms with Crippen molar-refractivity contribution in [1.82, 2.24) is 15.2 Å². The molecule has 2 amide bonds. The molecule has 6 nitrogen and oxygen atoms in total. The van der Waals surface area contributed by atoms with Crippen LogP contribution in [-0.2, 0) is 21.7 Å². The van der Waals surface area contributed by atoms with Gasteiger partial charge in [-0.05, 0) is 56.7 Å². The average Bonchev–Trinajstić information content (AvgIpc) is 3.30. The molecule has 0 aliphatic carbocycles. The van der Waals surface area contributed by atoms with Gasteiger partial charge < -0.3 is 15.0 Å². The quantitative estimate of drug-likeness (QED) is 0.657. The van der Waals surface area contributed by atoms with E-state index in [1.807, 2.05) is 69.3 Å². The Bertz CT molecular complexity index is 1130. The van der Waals surface area contributed by atoms with Crippen molar-refractivity contribution < 1.29 is 14.3 Å². The fourth-order valence-electron chi connectivity index (χ4n) is 3.62. The second-order valence-electron chi connectivity index (χ2n) is 8.56. The number of carbonyl (C=O) groups is 2. The van der Waals surface area contributed by atoms with E-state index in [1.54, 1.807) is 18.1 Å². The van der Waals surface area contributed by atoms with Gasteiger partial charge in [-0.1, -0.05) is 24.3 Å². The second kappa shape index (κ2) is 7.81. The Morgan fingerprint density at radius 1 is 1.16 bits per heavy atom. The van der Waals surface area contributed by atoms with Crippen molar-refractivity contribution in [3.05, 3.63) is 71.3 Å². The highest BCUT2D eigenvalue weighted by molar-refractivity contribution is 7.18. The van der Waals surface area contributed by atoms with E-state index >= 15 is 0 Å². The predicted molar refractivity (Wildman–Crippen MR) is 122 cm³/mol. The number of hydrogen-bond acceptors (Lipinski definition) is 5. The van der Waals surface area contributed by atoms with E-state index in [4.69, 9.17) is 9.72 Å². The molecule has 2 heterocycles. The maximum Gasteiger partial charge on any atom is 0.257 e. The number of carbonyl (C=O) groups excluding carboxylic acids is 2. The third-order valence-corrected chi connectivity index (χ3v) is 6.27. The molecule has 1 aliphatic rings. The predicted octanol–water partition coefficient (Wildman–Crippen LogP) is 4.01. The molecule has 4 rings (SSSR count). The topological polar surface area (TPSA) is 71.5 Å². The summed E-state index contributed by atoms with van der Waals surface area (Å²) in [7, 11) is 1.61. The fourth-order valence-corrected chi connectivity index (χ4v) is 4.76. The summed E-state index contributed by atoms with van der Waals surface area (Å²) in [5, 5.41) is 3.64. The van der Waals surface area contributed by atoms with Crippen molar-refractivity contribution >= 4 is 33.4 Å². The van der Waals surface area contributed by atoms with Gasteiger partial charge in [0.15, 0.2) is 5.54 Å². The zero-order valence-electron chi connectivity index (χ0n) is 18.0. The van der Waals surface area contributed by atoms with E-state index in [0.717, 1.165) is 21.5 Å². The summed E-state index contributed by atoms with van der Waals surface area (Å²) in [6, 6.07) is 15.2. The summed E-state index contributed by atoms with van der Waals surface area (Å²) in [6.45, 7) is 6.03. The molecule has 1 aliphatic heterocycles. The number of amides is 2. The molecule has 3 aromatic rings. The minimum atomic E-state index is -1.31. The van der Waals surface area contributed by atoms with Gasteiger partial charge in [0, 0.05) is 18.2 Å². The molecule has 0 spiro atoms. The van der Waals surface area contributed by atoms with Crippen LogP contribution in [0.2, 0.25) is 0 Å². The lowest BCUT2D eigenvalue weighted by atomic mass is 9.95. The Morgan fingerprint density at radius 3 is 2.52 bits per heavy atom. The lowest BCUT2D eigenvalue weighted by molar-refractivity contribution is -0.142. The van der Waals surface area contributed by atoms with Gasteiger partial charge in [-0.15, -0.1) is 11.3 Å². The number of rotatable bonds is 5. The lowest BCUT2D eigenvalue weighted by Crippen LogP contribution is -2.57. The molecule has 1 atom stereocenters. The Kier molecular flexibility index (Phi) is 5.31. The molecule has 1 N–H and O–H groups in total. The van der Waals surface area contributed by atoms with Gasteiger partial charge in [0.05, 0.1) is 17.3 Å². The van der Waals surface area contributed by atoms with Crippen LogP contribution in [0.3, 0.4) is 0 Å². The number of methoxy groups -OCH3 is 1. The summed E-state index contributed by atoms with van der Waals surface area (Å²) in [5.74, 6) is 0.242. The van der Waals surface area contributed by atoms with Crippen molar-refractivity contribution in [2.24, 2.45) is 0 Å². The highest BCUT2D eigenvalue weighted by Crippen LogP contribution is 2.40. The summed E-state index contributed by atoms with van der Waals surface area (Å²) in [5.41, 5.74) is -0.0746. The monoisotopic (exact) mass is 435 g/mol. The molecule has 0 radical (unpaired) electrons. The minimum absolute atomic E-state index is 0.223. The van der Waals surface area contributed by atoms with E-state index in [1.165, 1.54) is 17.4 Å². The third kappa shape index (κ3) is 3.93. The van der Waals surface area contributed by atoms with Crippen LogP contribution < -0.4 is 10.1 Å². The summed E-state index contributed by atoms with van der Waals surface area (Å²) < 4.78 is 6.20. The second-order valence-corrected chi connectivity index (χ2v) is 9.59. The number of nitrogens with one attached hydrogen (secondary N) is 1. The van der Waals surface area contributed by atoms with E-state index < -0.39 is 11.1 Å². The maximum absolute atomic E-state index is 13.7. The smallest absolute Gasteiger partial charge is 0.257 e. The van der Waals surface area contributed by atoms with Crippen LogP contribution in [0.5, 0.6) is 5.75 Å². The van der Waals surface area contributed by atoms with Crippen molar-refractivity contribution in [2.75, 3.05) is 7.11 Å². The highest BCUT2D eigenvalue weighted by atomic mass is 32.1. The van der Waals surface area contributed by atoms with Gasteiger partial charge in [0.1, 0.15) is 10.8 Å². The zero-order valence-corrected chi connectivity index (χ0v) is 18.8. The van der Waals surface area contributed by atoms with Gasteiger partial charge in [-0.3, -0.25) is 9.59 Å². The Balaban J connectivity index is 1.81. The maximum atomic E-state index is 13.7. The first-order valence-electron chi connectivity index (χ1n) is 10.1. The Morgan fingerprint density at radius 2 is 1.87 bits per heavy atom. The van der Waals surface area contributed by atoms with Gasteiger partial charge >= 0.3 is 0 Å². The molecule has 160 valence electrons. The van der Waals surface area contributed by atoms with Gasteiger partial charge in [-0.2, -0.15) is 0 Å². The van der Waals surface area contributed by atoms with Gasteiger partial charge in [0.2, 0.25) is 5.91 Å². The molecule has 2 aromatic carbocycles. The van der Waals surface area contributed by atoms with Gasteiger partial charge in [0.25, 0.3) is 5.91 Å². The van der Waals surface area contributed by atoms with Crippen molar-refractivity contribution in [1.29, 1.82) is 0 Å². The third-order valence-electron chi connectivity index (χ3n) is 5.11. The van der Waals surface area contributed by atoms with Crippen molar-refractivity contribution in [3.63, 3.8) is 0 Å². The SMILES string of the molecule is COc1ccc(CN2C(=O)C=CC2(C(=O)NC(C)(C)C)c2nc3ccccc3s2)cc1. The summed E-state index contributed by atoms with van der Waals surface area (Å²) in [4.78, 5) is 33.0. The summed E-state index contributed by atoms with van der Waals surface area (Å²) in [6.07, 6.45) is 3.15. The first kappa shape index (κ1) is 21.1. The van der Waals surface area contributed by atoms with E-state index in [-0.39, 0.29) is 18.4 Å². The van der Waals surface area contributed by atoms with Crippen LogP contribution in [0.1, 0.15) is 31.3 Å². The number of fused-ring (bicyclic) bond motifs is 1. The van der Waals surface area contributed by atoms with E-state index in [9.17, 15) is 9.59 Å². The number of ether oxygens (including phenoxy) is 1. The molecule has 0 saturated carbocycles. The molecule has 31 heavy (non-hydrogen) atoms. The van der Waals surface area contributed by atoms with Crippen LogP contribution in [0.25, 0.3) is 10.2 Å². The molecule has 7 heteroatoms. The first-order valence-corrected chi connectivity index (χ1v) is 10.9.